The van der Waals surface area contributed by atoms with Gasteiger partial charge in [-0.25, -0.2) is 0 Å². The molecule has 0 unspecified atom stereocenters. The lowest BCUT2D eigenvalue weighted by molar-refractivity contribution is -0.143. The van der Waals surface area contributed by atoms with E-state index in [1.165, 1.54) is 4.90 Å². The van der Waals surface area contributed by atoms with E-state index in [2.05, 4.69) is 4.90 Å². The summed E-state index contributed by atoms with van der Waals surface area (Å²) < 4.78 is 79.9. The van der Waals surface area contributed by atoms with E-state index in [0.717, 1.165) is 5.56 Å². The van der Waals surface area contributed by atoms with Crippen molar-refractivity contribution in [3.63, 3.8) is 0 Å². The van der Waals surface area contributed by atoms with E-state index in [0.29, 0.717) is 49.5 Å². The van der Waals surface area contributed by atoms with Gasteiger partial charge in [0.15, 0.2) is 0 Å². The molecule has 2 aliphatic rings. The second-order valence-corrected chi connectivity index (χ2v) is 9.57. The number of likely N-dealkylation sites (tertiary alicyclic amines) is 2. The molecule has 11 heteroatoms. The third kappa shape index (κ3) is 5.86. The van der Waals surface area contributed by atoms with Crippen LogP contribution in [0.15, 0.2) is 42.5 Å². The molecule has 0 N–H and O–H groups in total. The van der Waals surface area contributed by atoms with Gasteiger partial charge in [-0.2, -0.15) is 26.3 Å². The van der Waals surface area contributed by atoms with Crippen molar-refractivity contribution in [1.29, 1.82) is 0 Å². The summed E-state index contributed by atoms with van der Waals surface area (Å²) in [5.74, 6) is -0.981. The highest BCUT2D eigenvalue weighted by molar-refractivity contribution is 6.30. The Hall–Kier alpha value is -2.59. The smallest absolute Gasteiger partial charge is 0.338 e. The Kier molecular flexibility index (Phi) is 7.39. The van der Waals surface area contributed by atoms with Crippen molar-refractivity contribution in [2.24, 2.45) is 0 Å². The quantitative estimate of drug-likeness (QED) is 0.453. The van der Waals surface area contributed by atoms with Gasteiger partial charge in [-0.1, -0.05) is 23.7 Å². The number of carbonyl (C=O) groups is 2. The number of rotatable bonds is 3. The Bertz CT molecular complexity index is 1090. The molecule has 4 nitrogen and oxygen atoms in total. The van der Waals surface area contributed by atoms with Crippen molar-refractivity contribution in [1.82, 2.24) is 9.80 Å². The first-order valence-corrected chi connectivity index (χ1v) is 11.8. The molecule has 0 aromatic heterocycles. The lowest BCUT2D eigenvalue weighted by Crippen LogP contribution is -2.53. The minimum absolute atomic E-state index is 0.0111. The van der Waals surface area contributed by atoms with Crippen molar-refractivity contribution in [2.75, 3.05) is 26.2 Å². The Balaban J connectivity index is 1.65. The van der Waals surface area contributed by atoms with E-state index in [4.69, 9.17) is 11.6 Å². The highest BCUT2D eigenvalue weighted by Crippen LogP contribution is 2.38. The van der Waals surface area contributed by atoms with E-state index in [1.54, 1.807) is 24.3 Å². The highest BCUT2D eigenvalue weighted by atomic mass is 35.5. The van der Waals surface area contributed by atoms with Crippen LogP contribution < -0.4 is 0 Å². The zero-order valence-electron chi connectivity index (χ0n) is 19.0. The minimum atomic E-state index is -5.04. The standard InChI is InChI=1S/C25H23ClF6N2O2/c26-19-3-1-15(2-4-19)21-14-34(10-7-22(21)33-8-5-20(35)6-9-33)23(36)16-11-17(24(27,28)29)13-18(12-16)25(30,31)32/h1-4,11-13,21-22H,5-10,14H2/t21-,22-/m1/s1. The number of hydrogen-bond donors (Lipinski definition) is 0. The molecule has 0 radical (unpaired) electrons. The molecule has 0 saturated carbocycles. The average Bonchev–Trinajstić information content (AvgIpc) is 2.83. The topological polar surface area (TPSA) is 40.6 Å². The number of alkyl halides is 6. The maximum Gasteiger partial charge on any atom is 0.416 e. The lowest BCUT2D eigenvalue weighted by atomic mass is 9.83. The Morgan fingerprint density at radius 3 is 1.94 bits per heavy atom. The van der Waals surface area contributed by atoms with Crippen molar-refractivity contribution < 1.29 is 35.9 Å². The summed E-state index contributed by atoms with van der Waals surface area (Å²) in [5.41, 5.74) is -2.86. The van der Waals surface area contributed by atoms with Gasteiger partial charge in [-0.3, -0.25) is 14.5 Å². The second-order valence-electron chi connectivity index (χ2n) is 9.13. The molecule has 1 amide bonds. The van der Waals surface area contributed by atoms with Crippen LogP contribution in [-0.4, -0.2) is 53.7 Å². The average molecular weight is 533 g/mol. The van der Waals surface area contributed by atoms with Crippen LogP contribution in [0.5, 0.6) is 0 Å². The molecule has 2 aromatic carbocycles. The number of carbonyl (C=O) groups excluding carboxylic acids is 2. The van der Waals surface area contributed by atoms with Crippen LogP contribution in [0.2, 0.25) is 5.02 Å². The molecule has 2 heterocycles. The number of hydrogen-bond acceptors (Lipinski definition) is 3. The van der Waals surface area contributed by atoms with Crippen LogP contribution in [0.1, 0.15) is 52.2 Å². The normalized spacial score (nSPS) is 22.1. The number of nitrogens with zero attached hydrogens (tertiary/aromatic N) is 2. The van der Waals surface area contributed by atoms with Crippen molar-refractivity contribution in [3.05, 3.63) is 69.7 Å². The van der Waals surface area contributed by atoms with E-state index < -0.39 is 35.0 Å². The van der Waals surface area contributed by atoms with E-state index in [-0.39, 0.29) is 36.9 Å². The highest BCUT2D eigenvalue weighted by Gasteiger charge is 2.40. The van der Waals surface area contributed by atoms with Crippen LogP contribution >= 0.6 is 11.6 Å². The zero-order chi connectivity index (χ0) is 26.3. The lowest BCUT2D eigenvalue weighted by Gasteiger charge is -2.45. The summed E-state index contributed by atoms with van der Waals surface area (Å²) in [4.78, 5) is 28.4. The van der Waals surface area contributed by atoms with Gasteiger partial charge in [0.1, 0.15) is 5.78 Å². The fourth-order valence-corrected chi connectivity index (χ4v) is 5.09. The van der Waals surface area contributed by atoms with Gasteiger partial charge in [-0.15, -0.1) is 0 Å². The summed E-state index contributed by atoms with van der Waals surface area (Å²) in [5, 5.41) is 0.506. The molecular formula is C25H23ClF6N2O2. The Morgan fingerprint density at radius 2 is 1.42 bits per heavy atom. The van der Waals surface area contributed by atoms with Gasteiger partial charge < -0.3 is 4.90 Å². The summed E-state index contributed by atoms with van der Waals surface area (Å²) in [6, 6.07) is 7.89. The minimum Gasteiger partial charge on any atom is -0.338 e. The molecule has 2 aromatic rings. The first-order valence-electron chi connectivity index (χ1n) is 11.4. The number of benzene rings is 2. The predicted octanol–water partition coefficient (Wildman–Crippen LogP) is 6.04. The van der Waals surface area contributed by atoms with Crippen LogP contribution in [-0.2, 0) is 17.1 Å². The number of Topliss-reactive ketones (excluding diaryl/α,β-unsaturated/α-hetero) is 1. The first-order chi connectivity index (χ1) is 16.8. The van der Waals surface area contributed by atoms with Gasteiger partial charge >= 0.3 is 12.4 Å². The molecule has 2 saturated heterocycles. The first kappa shape index (κ1) is 26.5. The maximum atomic E-state index is 13.3. The Morgan fingerprint density at radius 1 is 0.861 bits per heavy atom. The number of halogens is 7. The Labute approximate surface area is 208 Å². The third-order valence-corrected chi connectivity index (χ3v) is 7.07. The molecule has 2 fully saturated rings. The summed E-state index contributed by atoms with van der Waals surface area (Å²) in [7, 11) is 0. The number of amides is 1. The maximum absolute atomic E-state index is 13.3. The second kappa shape index (κ2) is 10.0. The zero-order valence-corrected chi connectivity index (χ0v) is 19.8. The van der Waals surface area contributed by atoms with Gasteiger partial charge in [0.05, 0.1) is 11.1 Å². The van der Waals surface area contributed by atoms with Crippen molar-refractivity contribution in [2.45, 2.75) is 43.6 Å². The molecule has 194 valence electrons. The fourth-order valence-electron chi connectivity index (χ4n) is 4.96. The summed E-state index contributed by atoms with van der Waals surface area (Å²) >= 11 is 6.02. The number of piperidine rings is 2. The largest absolute Gasteiger partial charge is 0.416 e. The van der Waals surface area contributed by atoms with Gasteiger partial charge in [-0.05, 0) is 42.3 Å². The summed E-state index contributed by atoms with van der Waals surface area (Å²) in [6.45, 7) is 1.39. The molecule has 0 aliphatic carbocycles. The van der Waals surface area contributed by atoms with Crippen LogP contribution in [0.25, 0.3) is 0 Å². The van der Waals surface area contributed by atoms with Crippen molar-refractivity contribution in [3.8, 4) is 0 Å². The monoisotopic (exact) mass is 532 g/mol. The summed E-state index contributed by atoms with van der Waals surface area (Å²) in [6.07, 6.45) is -8.80. The molecule has 4 rings (SSSR count). The molecule has 0 bridgehead atoms. The molecule has 0 spiro atoms. The molecule has 2 aliphatic heterocycles. The van der Waals surface area contributed by atoms with E-state index in [1.807, 2.05) is 0 Å². The van der Waals surface area contributed by atoms with Gasteiger partial charge in [0.25, 0.3) is 5.91 Å². The van der Waals surface area contributed by atoms with E-state index in [9.17, 15) is 35.9 Å². The van der Waals surface area contributed by atoms with Crippen LogP contribution in [0.4, 0.5) is 26.3 Å². The van der Waals surface area contributed by atoms with Gasteiger partial charge in [0.2, 0.25) is 0 Å². The van der Waals surface area contributed by atoms with Gasteiger partial charge in [0, 0.05) is 61.6 Å². The van der Waals surface area contributed by atoms with Crippen molar-refractivity contribution >= 4 is 23.3 Å². The van der Waals surface area contributed by atoms with Crippen LogP contribution in [0.3, 0.4) is 0 Å². The molecular weight excluding hydrogens is 510 g/mol. The fraction of sp³-hybridized carbons (Fsp3) is 0.440. The molecule has 2 atom stereocenters. The third-order valence-electron chi connectivity index (χ3n) is 6.82. The molecule has 36 heavy (non-hydrogen) atoms. The predicted molar refractivity (Wildman–Crippen MR) is 121 cm³/mol. The van der Waals surface area contributed by atoms with Crippen LogP contribution in [0, 0.1) is 0 Å². The SMILES string of the molecule is O=C1CCN([C@@H]2CCN(C(=O)c3cc(C(F)(F)F)cc(C(F)(F)F)c3)C[C@@H]2c2ccc(Cl)cc2)CC1. The number of ketones is 1. The van der Waals surface area contributed by atoms with E-state index >= 15 is 0 Å².